The van der Waals surface area contributed by atoms with Gasteiger partial charge in [0.05, 0.1) is 24.0 Å². The van der Waals surface area contributed by atoms with E-state index in [9.17, 15) is 26.4 Å². The minimum absolute atomic E-state index is 0.0174. The van der Waals surface area contributed by atoms with Crippen LogP contribution in [0.15, 0.2) is 57.8 Å². The summed E-state index contributed by atoms with van der Waals surface area (Å²) in [6.07, 6.45) is -1.52. The second-order valence-corrected chi connectivity index (χ2v) is 14.1. The van der Waals surface area contributed by atoms with Crippen molar-refractivity contribution < 1.29 is 35.5 Å². The number of alkyl halides is 3. The number of sulfonamides is 1. The number of rotatable bonds is 9. The Bertz CT molecular complexity index is 1540. The summed E-state index contributed by atoms with van der Waals surface area (Å²) < 4.78 is 79.2. The number of hydrogen-bond acceptors (Lipinski definition) is 5. The molecule has 3 aromatic rings. The molecule has 6 nitrogen and oxygen atoms in total. The molecule has 2 aromatic carbocycles. The Morgan fingerprint density at radius 1 is 0.977 bits per heavy atom. The van der Waals surface area contributed by atoms with Crippen molar-refractivity contribution >= 4 is 16.0 Å². The van der Waals surface area contributed by atoms with Gasteiger partial charge in [-0.15, -0.1) is 0 Å². The third-order valence-corrected chi connectivity index (χ3v) is 10.7. The molecule has 0 amide bonds. The molecule has 0 radical (unpaired) electrons. The van der Waals surface area contributed by atoms with Gasteiger partial charge in [0.2, 0.25) is 15.8 Å². The lowest BCUT2D eigenvalue weighted by atomic mass is 9.76. The van der Waals surface area contributed by atoms with Crippen LogP contribution in [-0.2, 0) is 37.7 Å². The molecule has 0 unspecified atom stereocenters. The average Bonchev–Trinajstić information content (AvgIpc) is 3.41. The van der Waals surface area contributed by atoms with Crippen LogP contribution in [0.3, 0.4) is 0 Å². The van der Waals surface area contributed by atoms with Crippen molar-refractivity contribution in [3.05, 3.63) is 87.9 Å². The van der Waals surface area contributed by atoms with E-state index >= 15 is 0 Å². The number of ether oxygens (including phenoxy) is 1. The van der Waals surface area contributed by atoms with Crippen molar-refractivity contribution in [2.24, 2.45) is 5.92 Å². The summed E-state index contributed by atoms with van der Waals surface area (Å²) >= 11 is 0. The lowest BCUT2D eigenvalue weighted by Gasteiger charge is -2.33. The first kappa shape index (κ1) is 32.8. The Kier molecular flexibility index (Phi) is 9.52. The van der Waals surface area contributed by atoms with Gasteiger partial charge in [-0.05, 0) is 107 Å². The number of carbonyl (C=O) groups is 1. The Morgan fingerprint density at radius 3 is 2.16 bits per heavy atom. The van der Waals surface area contributed by atoms with E-state index in [4.69, 9.17) is 9.15 Å². The van der Waals surface area contributed by atoms with E-state index in [-0.39, 0.29) is 41.6 Å². The minimum atomic E-state index is -4.66. The summed E-state index contributed by atoms with van der Waals surface area (Å²) in [4.78, 5) is 12.5. The summed E-state index contributed by atoms with van der Waals surface area (Å²) in [6, 6.07) is 13.6. The van der Waals surface area contributed by atoms with Crippen LogP contribution in [-0.4, -0.2) is 32.3 Å². The Morgan fingerprint density at radius 2 is 1.60 bits per heavy atom. The van der Waals surface area contributed by atoms with Crippen molar-refractivity contribution in [1.29, 1.82) is 0 Å². The van der Waals surface area contributed by atoms with Crippen LogP contribution < -0.4 is 0 Å². The van der Waals surface area contributed by atoms with E-state index in [1.165, 1.54) is 17.5 Å². The van der Waals surface area contributed by atoms with Gasteiger partial charge in [-0.25, -0.2) is 8.42 Å². The topological polar surface area (TPSA) is 76.8 Å². The highest BCUT2D eigenvalue weighted by Crippen LogP contribution is 2.39. The van der Waals surface area contributed by atoms with Crippen LogP contribution in [0.5, 0.6) is 0 Å². The maximum Gasteiger partial charge on any atom is 0.449 e. The standard InChI is InChI=1S/C33H40F3NO5S/c1-21-16-22(2)30(23(3)17-21)43(39,40)37(20-28-14-15-29(42-28)33(34,35)36)19-24-10-12-25(13-11-24)26-8-7-9-27(18-26)32(4,5)31(38)41-6/h7-9,14-18,24-25H,10-13,19-20H2,1-6H3. The van der Waals surface area contributed by atoms with Crippen LogP contribution in [0.25, 0.3) is 0 Å². The number of aryl methyl sites for hydroxylation is 3. The molecule has 0 spiro atoms. The summed E-state index contributed by atoms with van der Waals surface area (Å²) in [5.41, 5.74) is 3.32. The molecule has 1 heterocycles. The third kappa shape index (κ3) is 7.17. The first-order valence-corrected chi connectivity index (χ1v) is 15.9. The molecule has 0 atom stereocenters. The predicted octanol–water partition coefficient (Wildman–Crippen LogP) is 7.84. The fourth-order valence-corrected chi connectivity index (χ4v) is 8.15. The SMILES string of the molecule is COC(=O)C(C)(C)c1cccc(C2CCC(CN(Cc3ccc(C(F)(F)F)o3)S(=O)(=O)c3c(C)cc(C)cc3C)CC2)c1. The van der Waals surface area contributed by atoms with Crippen molar-refractivity contribution in [2.45, 2.75) is 89.3 Å². The van der Waals surface area contributed by atoms with Gasteiger partial charge in [0, 0.05) is 6.54 Å². The number of nitrogens with zero attached hydrogens (tertiary/aromatic N) is 1. The maximum atomic E-state index is 14.1. The quantitative estimate of drug-likeness (QED) is 0.228. The molecule has 0 N–H and O–H groups in total. The number of benzene rings is 2. The normalized spacial score (nSPS) is 18.2. The van der Waals surface area contributed by atoms with Crippen molar-refractivity contribution in [2.75, 3.05) is 13.7 Å². The Labute approximate surface area is 252 Å². The lowest BCUT2D eigenvalue weighted by molar-refractivity contribution is -0.153. The van der Waals surface area contributed by atoms with Crippen LogP contribution in [0, 0.1) is 26.7 Å². The summed E-state index contributed by atoms with van der Waals surface area (Å²) in [5.74, 6) is -1.26. The second kappa shape index (κ2) is 12.5. The molecule has 0 aliphatic heterocycles. The molecule has 43 heavy (non-hydrogen) atoms. The van der Waals surface area contributed by atoms with Crippen molar-refractivity contribution in [1.82, 2.24) is 4.31 Å². The molecule has 4 rings (SSSR count). The number of esters is 1. The van der Waals surface area contributed by atoms with E-state index in [0.29, 0.717) is 11.1 Å². The zero-order valence-electron chi connectivity index (χ0n) is 25.5. The zero-order chi connectivity index (χ0) is 31.7. The molecule has 1 aliphatic rings. The number of hydrogen-bond donors (Lipinski definition) is 0. The molecule has 0 bridgehead atoms. The molecule has 1 fully saturated rings. The fraction of sp³-hybridized carbons (Fsp3) is 0.485. The first-order valence-electron chi connectivity index (χ1n) is 14.5. The zero-order valence-corrected chi connectivity index (χ0v) is 26.4. The minimum Gasteiger partial charge on any atom is -0.468 e. The van der Waals surface area contributed by atoms with E-state index in [1.54, 1.807) is 26.0 Å². The predicted molar refractivity (Wildman–Crippen MR) is 158 cm³/mol. The Hall–Kier alpha value is -3.11. The highest BCUT2D eigenvalue weighted by atomic mass is 32.2. The highest BCUT2D eigenvalue weighted by Gasteiger charge is 2.37. The van der Waals surface area contributed by atoms with Gasteiger partial charge in [0.1, 0.15) is 5.76 Å². The number of halogens is 3. The molecule has 0 saturated heterocycles. The molecule has 1 aliphatic carbocycles. The van der Waals surface area contributed by atoms with E-state index < -0.39 is 27.4 Å². The molecular weight excluding hydrogens is 579 g/mol. The van der Waals surface area contributed by atoms with Crippen LogP contribution in [0.1, 0.15) is 84.8 Å². The lowest BCUT2D eigenvalue weighted by Crippen LogP contribution is -2.36. The van der Waals surface area contributed by atoms with Crippen LogP contribution in [0.4, 0.5) is 13.2 Å². The van der Waals surface area contributed by atoms with Crippen molar-refractivity contribution in [3.63, 3.8) is 0 Å². The van der Waals surface area contributed by atoms with Gasteiger partial charge >= 0.3 is 12.1 Å². The van der Waals surface area contributed by atoms with Gasteiger partial charge in [0.15, 0.2) is 0 Å². The fourth-order valence-electron chi connectivity index (χ4n) is 6.26. The van der Waals surface area contributed by atoms with Gasteiger partial charge in [-0.1, -0.05) is 42.0 Å². The molecular formula is C33H40F3NO5S. The second-order valence-electron chi connectivity index (χ2n) is 12.2. The number of furan rings is 1. The average molecular weight is 620 g/mol. The summed E-state index contributed by atoms with van der Waals surface area (Å²) in [6.45, 7) is 8.90. The van der Waals surface area contributed by atoms with E-state index in [1.807, 2.05) is 32.9 Å². The largest absolute Gasteiger partial charge is 0.468 e. The Balaban J connectivity index is 1.56. The van der Waals surface area contributed by atoms with Crippen LogP contribution >= 0.6 is 0 Å². The first-order chi connectivity index (χ1) is 20.0. The van der Waals surface area contributed by atoms with Gasteiger partial charge in [0.25, 0.3) is 0 Å². The highest BCUT2D eigenvalue weighted by molar-refractivity contribution is 7.89. The summed E-state index contributed by atoms with van der Waals surface area (Å²) in [7, 11) is -2.68. The van der Waals surface area contributed by atoms with Gasteiger partial charge in [-0.2, -0.15) is 17.5 Å². The molecule has 10 heteroatoms. The summed E-state index contributed by atoms with van der Waals surface area (Å²) in [5, 5.41) is 0. The molecule has 1 saturated carbocycles. The van der Waals surface area contributed by atoms with E-state index in [2.05, 4.69) is 12.1 Å². The number of carbonyl (C=O) groups excluding carboxylic acids is 1. The number of methoxy groups -OCH3 is 1. The maximum absolute atomic E-state index is 14.1. The van der Waals surface area contributed by atoms with Gasteiger partial charge in [-0.3, -0.25) is 4.79 Å². The van der Waals surface area contributed by atoms with Crippen molar-refractivity contribution in [3.8, 4) is 0 Å². The van der Waals surface area contributed by atoms with Gasteiger partial charge < -0.3 is 9.15 Å². The monoisotopic (exact) mass is 619 g/mol. The smallest absolute Gasteiger partial charge is 0.449 e. The molecule has 234 valence electrons. The third-order valence-electron chi connectivity index (χ3n) is 8.56. The van der Waals surface area contributed by atoms with Crippen LogP contribution in [0.2, 0.25) is 0 Å². The molecule has 1 aromatic heterocycles. The van der Waals surface area contributed by atoms with E-state index in [0.717, 1.165) is 48.4 Å².